The fraction of sp³-hybridized carbons (Fsp3) is 0.583. The van der Waals surface area contributed by atoms with Crippen LogP contribution in [-0.2, 0) is 16.0 Å². The second kappa shape index (κ2) is 11.3. The summed E-state index contributed by atoms with van der Waals surface area (Å²) in [5.41, 5.74) is 3.33. The van der Waals surface area contributed by atoms with Crippen molar-refractivity contribution in [3.63, 3.8) is 0 Å². The topological polar surface area (TPSA) is 58.3 Å². The monoisotopic (exact) mass is 414 g/mol. The van der Waals surface area contributed by atoms with E-state index in [0.717, 1.165) is 64.1 Å². The molecule has 0 saturated carbocycles. The number of hydrogen-bond donors (Lipinski definition) is 3. The lowest BCUT2D eigenvalue weighted by Crippen LogP contribution is -3.28. The van der Waals surface area contributed by atoms with Crippen LogP contribution in [0.25, 0.3) is 0 Å². The highest BCUT2D eigenvalue weighted by atomic mass is 16.2. The SMILES string of the molecule is CCCN(C(=O)C[NH+]1CC[NH+](CC(=O)Nc2ccccc2CC)CC1)C1=CCCC1. The van der Waals surface area contributed by atoms with Gasteiger partial charge in [0.1, 0.15) is 26.2 Å². The molecule has 3 N–H and O–H groups in total. The van der Waals surface area contributed by atoms with E-state index in [1.54, 1.807) is 0 Å². The number of carbonyl (C=O) groups is 2. The van der Waals surface area contributed by atoms with Crippen molar-refractivity contribution >= 4 is 17.5 Å². The highest BCUT2D eigenvalue weighted by Gasteiger charge is 2.29. The average molecular weight is 415 g/mol. The van der Waals surface area contributed by atoms with E-state index >= 15 is 0 Å². The van der Waals surface area contributed by atoms with Gasteiger partial charge >= 0.3 is 0 Å². The van der Waals surface area contributed by atoms with Gasteiger partial charge in [-0.05, 0) is 43.7 Å². The summed E-state index contributed by atoms with van der Waals surface area (Å²) < 4.78 is 0. The van der Waals surface area contributed by atoms with Gasteiger partial charge in [0, 0.05) is 17.9 Å². The smallest absolute Gasteiger partial charge is 0.281 e. The number of anilines is 1. The minimum atomic E-state index is 0.0766. The molecule has 1 aliphatic heterocycles. The molecule has 1 aromatic carbocycles. The van der Waals surface area contributed by atoms with Gasteiger partial charge in [-0.25, -0.2) is 0 Å². The number of allylic oxidation sites excluding steroid dienone is 2. The van der Waals surface area contributed by atoms with Crippen molar-refractivity contribution < 1.29 is 19.4 Å². The van der Waals surface area contributed by atoms with Gasteiger partial charge in [0.05, 0.1) is 0 Å². The molecule has 30 heavy (non-hydrogen) atoms. The summed E-state index contributed by atoms with van der Waals surface area (Å²) in [6, 6.07) is 8.00. The van der Waals surface area contributed by atoms with E-state index in [-0.39, 0.29) is 11.8 Å². The summed E-state index contributed by atoms with van der Waals surface area (Å²) >= 11 is 0. The van der Waals surface area contributed by atoms with Crippen LogP contribution in [0.3, 0.4) is 0 Å². The van der Waals surface area contributed by atoms with Gasteiger partial charge < -0.3 is 20.0 Å². The van der Waals surface area contributed by atoms with Crippen LogP contribution in [0.2, 0.25) is 0 Å². The standard InChI is InChI=1S/C24H36N4O2/c1-3-13-28(21-10-6-7-11-21)24(30)19-27-16-14-26(15-17-27)18-23(29)25-22-12-8-5-9-20(22)4-2/h5,8-10,12H,3-4,6-7,11,13-19H2,1-2H3,(H,25,29)/p+2. The Bertz CT molecular complexity index is 753. The van der Waals surface area contributed by atoms with Crippen LogP contribution < -0.4 is 15.1 Å². The lowest BCUT2D eigenvalue weighted by molar-refractivity contribution is -1.00. The number of aryl methyl sites for hydroxylation is 1. The van der Waals surface area contributed by atoms with E-state index < -0.39 is 0 Å². The van der Waals surface area contributed by atoms with Crippen molar-refractivity contribution in [3.05, 3.63) is 41.6 Å². The van der Waals surface area contributed by atoms with Crippen LogP contribution in [0.15, 0.2) is 36.0 Å². The van der Waals surface area contributed by atoms with E-state index in [4.69, 9.17) is 0 Å². The first-order valence-electron chi connectivity index (χ1n) is 11.6. The Morgan fingerprint density at radius 2 is 1.73 bits per heavy atom. The number of hydrogen-bond acceptors (Lipinski definition) is 2. The molecule has 6 nitrogen and oxygen atoms in total. The molecule has 2 amide bonds. The minimum Gasteiger partial charge on any atom is -0.321 e. The molecule has 1 aliphatic carbocycles. The van der Waals surface area contributed by atoms with E-state index in [1.165, 1.54) is 27.5 Å². The summed E-state index contributed by atoms with van der Waals surface area (Å²) in [6.45, 7) is 9.88. The molecule has 1 heterocycles. The van der Waals surface area contributed by atoms with Crippen LogP contribution in [0.5, 0.6) is 0 Å². The molecule has 1 saturated heterocycles. The first kappa shape index (κ1) is 22.5. The second-order valence-corrected chi connectivity index (χ2v) is 8.55. The van der Waals surface area contributed by atoms with Crippen molar-refractivity contribution in [2.45, 2.75) is 46.0 Å². The van der Waals surface area contributed by atoms with Gasteiger partial charge in [0.15, 0.2) is 13.1 Å². The predicted octanol–water partition coefficient (Wildman–Crippen LogP) is 0.277. The number of benzene rings is 1. The molecule has 2 aliphatic rings. The number of nitrogens with one attached hydrogen (secondary N) is 3. The summed E-state index contributed by atoms with van der Waals surface area (Å²) in [4.78, 5) is 30.1. The Labute approximate surface area is 180 Å². The van der Waals surface area contributed by atoms with E-state index in [9.17, 15) is 9.59 Å². The summed E-state index contributed by atoms with van der Waals surface area (Å²) in [6.07, 6.45) is 7.44. The number of rotatable bonds is 9. The van der Waals surface area contributed by atoms with E-state index in [0.29, 0.717) is 13.1 Å². The fourth-order valence-corrected chi connectivity index (χ4v) is 4.54. The third-order valence-electron chi connectivity index (χ3n) is 6.26. The first-order chi connectivity index (χ1) is 14.6. The largest absolute Gasteiger partial charge is 0.321 e. The Kier molecular flexibility index (Phi) is 8.46. The molecule has 0 radical (unpaired) electrons. The molecule has 3 rings (SSSR count). The van der Waals surface area contributed by atoms with Gasteiger partial charge in [0.25, 0.3) is 11.8 Å². The predicted molar refractivity (Wildman–Crippen MR) is 120 cm³/mol. The number of amides is 2. The van der Waals surface area contributed by atoms with Gasteiger partial charge in [-0.1, -0.05) is 38.1 Å². The summed E-state index contributed by atoms with van der Waals surface area (Å²) in [5, 5.41) is 3.08. The normalized spacial score (nSPS) is 21.2. The molecule has 0 unspecified atom stereocenters. The van der Waals surface area contributed by atoms with Gasteiger partial charge in [-0.2, -0.15) is 0 Å². The average Bonchev–Trinajstić information content (AvgIpc) is 3.28. The van der Waals surface area contributed by atoms with Gasteiger partial charge in [0.2, 0.25) is 0 Å². The van der Waals surface area contributed by atoms with Crippen LogP contribution >= 0.6 is 0 Å². The van der Waals surface area contributed by atoms with Crippen LogP contribution in [-0.4, -0.2) is 62.5 Å². The molecular weight excluding hydrogens is 376 g/mol. The van der Waals surface area contributed by atoms with Gasteiger partial charge in [-0.15, -0.1) is 0 Å². The maximum absolute atomic E-state index is 12.9. The number of nitrogens with zero attached hydrogens (tertiary/aromatic N) is 1. The molecule has 1 aromatic rings. The number of piperazine rings is 1. The van der Waals surface area contributed by atoms with Gasteiger partial charge in [-0.3, -0.25) is 9.59 Å². The second-order valence-electron chi connectivity index (χ2n) is 8.55. The lowest BCUT2D eigenvalue weighted by Gasteiger charge is -2.31. The molecule has 0 aromatic heterocycles. The highest BCUT2D eigenvalue weighted by molar-refractivity contribution is 5.92. The summed E-state index contributed by atoms with van der Waals surface area (Å²) in [7, 11) is 0. The maximum Gasteiger partial charge on any atom is 0.281 e. The Morgan fingerprint density at radius 1 is 1.03 bits per heavy atom. The van der Waals surface area contributed by atoms with Crippen molar-refractivity contribution in [2.24, 2.45) is 0 Å². The third-order valence-corrected chi connectivity index (χ3v) is 6.26. The quantitative estimate of drug-likeness (QED) is 0.544. The first-order valence-corrected chi connectivity index (χ1v) is 11.6. The third kappa shape index (κ3) is 6.16. The molecule has 6 heteroatoms. The fourth-order valence-electron chi connectivity index (χ4n) is 4.54. The van der Waals surface area contributed by atoms with Crippen LogP contribution in [0, 0.1) is 0 Å². The van der Waals surface area contributed by atoms with Crippen molar-refractivity contribution in [3.8, 4) is 0 Å². The van der Waals surface area contributed by atoms with Crippen molar-refractivity contribution in [1.29, 1.82) is 0 Å². The lowest BCUT2D eigenvalue weighted by atomic mass is 10.1. The molecule has 0 bridgehead atoms. The zero-order valence-corrected chi connectivity index (χ0v) is 18.6. The Morgan fingerprint density at radius 3 is 2.37 bits per heavy atom. The molecule has 1 fully saturated rings. The molecular formula is C24H38N4O2+2. The Hall–Kier alpha value is -2.18. The summed E-state index contributed by atoms with van der Waals surface area (Å²) in [5.74, 6) is 0.338. The van der Waals surface area contributed by atoms with Crippen LogP contribution in [0.4, 0.5) is 5.69 Å². The maximum atomic E-state index is 12.9. The number of para-hydroxylation sites is 1. The van der Waals surface area contributed by atoms with E-state index in [2.05, 4.69) is 31.3 Å². The Balaban J connectivity index is 1.44. The molecule has 164 valence electrons. The zero-order valence-electron chi connectivity index (χ0n) is 18.6. The molecule has 0 spiro atoms. The highest BCUT2D eigenvalue weighted by Crippen LogP contribution is 2.21. The zero-order chi connectivity index (χ0) is 21.3. The number of carbonyl (C=O) groups excluding carboxylic acids is 2. The van der Waals surface area contributed by atoms with Crippen molar-refractivity contribution in [1.82, 2.24) is 4.90 Å². The number of quaternary nitrogens is 2. The molecule has 0 atom stereocenters. The van der Waals surface area contributed by atoms with E-state index in [1.807, 2.05) is 23.1 Å². The minimum absolute atomic E-state index is 0.0766. The van der Waals surface area contributed by atoms with Crippen LogP contribution in [0.1, 0.15) is 45.1 Å². The van der Waals surface area contributed by atoms with Crippen molar-refractivity contribution in [2.75, 3.05) is 51.1 Å².